The summed E-state index contributed by atoms with van der Waals surface area (Å²) < 4.78 is 9.37. The number of ether oxygens (including phenoxy) is 1. The lowest BCUT2D eigenvalue weighted by atomic mass is 10.5. The van der Waals surface area contributed by atoms with Gasteiger partial charge in [0.1, 0.15) is 6.79 Å². The first-order valence-corrected chi connectivity index (χ1v) is 4.47. The molecule has 0 fully saturated rings. The van der Waals surface area contributed by atoms with Crippen molar-refractivity contribution in [1.82, 2.24) is 5.09 Å². The van der Waals surface area contributed by atoms with E-state index in [9.17, 15) is 4.79 Å². The predicted octanol–water partition coefficient (Wildman–Crippen LogP) is 0.00250. The fraction of sp³-hybridized carbons (Fsp3) is 0.833. The van der Waals surface area contributed by atoms with Gasteiger partial charge < -0.3 is 14.4 Å². The average molecular weight is 195 g/mol. The molecule has 0 bridgehead atoms. The van der Waals surface area contributed by atoms with E-state index in [1.165, 1.54) is 0 Å². The monoisotopic (exact) mass is 195 g/mol. The van der Waals surface area contributed by atoms with Crippen LogP contribution in [0.5, 0.6) is 0 Å². The summed E-state index contributed by atoms with van der Waals surface area (Å²) >= 11 is 0. The van der Waals surface area contributed by atoms with Crippen LogP contribution in [0.25, 0.3) is 0 Å². The Hall–Kier alpha value is -0.220. The average Bonchev–Trinajstić information content (AvgIpc) is 1.97. The molecule has 0 rings (SSSR count). The maximum absolute atomic E-state index is 10.8. The second kappa shape index (κ2) is 7.43. The van der Waals surface area contributed by atoms with E-state index in [4.69, 9.17) is 9.84 Å². The molecule has 0 saturated heterocycles. The summed E-state index contributed by atoms with van der Waals surface area (Å²) in [6.45, 7) is 3.33. The van der Waals surface area contributed by atoms with Crippen LogP contribution in [0.4, 0.5) is 0 Å². The highest BCUT2D eigenvalue weighted by Gasteiger charge is 2.03. The maximum Gasteiger partial charge on any atom is 0.320 e. The SMILES string of the molecule is CC(C)OC(=O)CNPOCO. The molecule has 72 valence electrons. The van der Waals surface area contributed by atoms with Crippen molar-refractivity contribution in [2.45, 2.75) is 20.0 Å². The molecule has 0 spiro atoms. The minimum Gasteiger partial charge on any atom is -0.462 e. The highest BCUT2D eigenvalue weighted by Crippen LogP contribution is 2.02. The van der Waals surface area contributed by atoms with Crippen LogP contribution in [-0.2, 0) is 14.1 Å². The normalized spacial score (nSPS) is 11.3. The number of rotatable bonds is 6. The number of esters is 1. The molecule has 12 heavy (non-hydrogen) atoms. The molecule has 0 aromatic rings. The van der Waals surface area contributed by atoms with Crippen molar-refractivity contribution >= 4 is 14.9 Å². The number of aliphatic hydroxyl groups is 1. The lowest BCUT2D eigenvalue weighted by molar-refractivity contribution is -0.145. The van der Waals surface area contributed by atoms with Gasteiger partial charge in [0.15, 0.2) is 0 Å². The van der Waals surface area contributed by atoms with E-state index in [-0.39, 0.29) is 34.4 Å². The van der Waals surface area contributed by atoms with E-state index in [2.05, 4.69) is 9.61 Å². The van der Waals surface area contributed by atoms with Crippen molar-refractivity contribution in [3.8, 4) is 0 Å². The summed E-state index contributed by atoms with van der Waals surface area (Å²) in [6.07, 6.45) is -0.0959. The molecule has 0 radical (unpaired) electrons. The largest absolute Gasteiger partial charge is 0.462 e. The first-order chi connectivity index (χ1) is 5.66. The molecule has 6 heteroatoms. The van der Waals surface area contributed by atoms with Gasteiger partial charge in [-0.2, -0.15) is 0 Å². The molecule has 0 aliphatic carbocycles. The molecule has 0 aromatic heterocycles. The Morgan fingerprint density at radius 1 is 1.67 bits per heavy atom. The molecule has 0 aromatic carbocycles. The van der Waals surface area contributed by atoms with Crippen LogP contribution in [-0.4, -0.2) is 30.5 Å². The van der Waals surface area contributed by atoms with Crippen molar-refractivity contribution in [1.29, 1.82) is 0 Å². The van der Waals surface area contributed by atoms with Crippen LogP contribution < -0.4 is 5.09 Å². The van der Waals surface area contributed by atoms with Gasteiger partial charge in [-0.05, 0) is 13.8 Å². The third kappa shape index (κ3) is 7.88. The van der Waals surface area contributed by atoms with E-state index in [1.54, 1.807) is 13.8 Å². The fourth-order valence-electron chi connectivity index (χ4n) is 0.496. The Morgan fingerprint density at radius 3 is 2.83 bits per heavy atom. The summed E-state index contributed by atoms with van der Waals surface area (Å²) in [6, 6.07) is 0. The quantitative estimate of drug-likeness (QED) is 0.270. The summed E-state index contributed by atoms with van der Waals surface area (Å²) in [7, 11) is -0.0792. The Balaban J connectivity index is 3.20. The zero-order valence-corrected chi connectivity index (χ0v) is 8.16. The third-order valence-electron chi connectivity index (χ3n) is 0.809. The number of hydrogen-bond acceptors (Lipinski definition) is 5. The van der Waals surface area contributed by atoms with Crippen molar-refractivity contribution in [3.05, 3.63) is 0 Å². The summed E-state index contributed by atoms with van der Waals surface area (Å²) in [5, 5.41) is 10.9. The number of nitrogens with one attached hydrogen (secondary N) is 1. The zero-order valence-electron chi connectivity index (χ0n) is 7.16. The molecule has 1 unspecified atom stereocenters. The highest BCUT2D eigenvalue weighted by atomic mass is 31.1. The van der Waals surface area contributed by atoms with Crippen LogP contribution in [0.3, 0.4) is 0 Å². The standard InChI is InChI=1S/C6H14NO4P/c1-5(2)11-6(9)3-7-12-10-4-8/h5,7-8,12H,3-4H2,1-2H3. The molecule has 0 amide bonds. The number of carbonyl (C=O) groups is 1. The minimum absolute atomic E-state index is 0.0792. The van der Waals surface area contributed by atoms with Gasteiger partial charge in [0.2, 0.25) is 0 Å². The van der Waals surface area contributed by atoms with Crippen molar-refractivity contribution in [3.63, 3.8) is 0 Å². The van der Waals surface area contributed by atoms with E-state index in [0.29, 0.717) is 0 Å². The topological polar surface area (TPSA) is 67.8 Å². The van der Waals surface area contributed by atoms with Gasteiger partial charge in [-0.3, -0.25) is 9.88 Å². The van der Waals surface area contributed by atoms with Crippen LogP contribution in [0, 0.1) is 0 Å². The second-order valence-electron chi connectivity index (χ2n) is 2.27. The molecule has 1 atom stereocenters. The number of hydrogen-bond donors (Lipinski definition) is 2. The first-order valence-electron chi connectivity index (χ1n) is 3.56. The van der Waals surface area contributed by atoms with Crippen molar-refractivity contribution in [2.24, 2.45) is 0 Å². The van der Waals surface area contributed by atoms with E-state index < -0.39 is 0 Å². The molecule has 5 nitrogen and oxygen atoms in total. The minimum atomic E-state index is -0.343. The van der Waals surface area contributed by atoms with Crippen molar-refractivity contribution in [2.75, 3.05) is 13.3 Å². The van der Waals surface area contributed by atoms with Gasteiger partial charge in [-0.25, -0.2) is 0 Å². The van der Waals surface area contributed by atoms with Gasteiger partial charge in [0, 0.05) is 0 Å². The zero-order chi connectivity index (χ0) is 9.40. The molecule has 0 saturated carbocycles. The predicted molar refractivity (Wildman–Crippen MR) is 45.7 cm³/mol. The van der Waals surface area contributed by atoms with Gasteiger partial charge >= 0.3 is 5.97 Å². The van der Waals surface area contributed by atoms with Gasteiger partial charge in [0.25, 0.3) is 0 Å². The summed E-state index contributed by atoms with van der Waals surface area (Å²) in [4.78, 5) is 10.8. The molecular formula is C6H14NO4P. The van der Waals surface area contributed by atoms with Crippen LogP contribution in [0.1, 0.15) is 13.8 Å². The van der Waals surface area contributed by atoms with Crippen LogP contribution >= 0.6 is 8.96 Å². The van der Waals surface area contributed by atoms with E-state index in [0.717, 1.165) is 0 Å². The van der Waals surface area contributed by atoms with Crippen LogP contribution in [0.15, 0.2) is 0 Å². The van der Waals surface area contributed by atoms with Crippen LogP contribution in [0.2, 0.25) is 0 Å². The fourth-order valence-corrected chi connectivity index (χ4v) is 0.879. The third-order valence-corrected chi connectivity index (χ3v) is 1.40. The van der Waals surface area contributed by atoms with Crippen molar-refractivity contribution < 1.29 is 19.2 Å². The lowest BCUT2D eigenvalue weighted by Crippen LogP contribution is -2.21. The summed E-state index contributed by atoms with van der Waals surface area (Å²) in [5.74, 6) is -0.320. The Bertz CT molecular complexity index is 131. The Kier molecular flexibility index (Phi) is 7.29. The van der Waals surface area contributed by atoms with Gasteiger partial charge in [-0.15, -0.1) is 0 Å². The van der Waals surface area contributed by atoms with Gasteiger partial charge in [-0.1, -0.05) is 0 Å². The molecule has 0 heterocycles. The molecule has 0 aliphatic rings. The number of carbonyl (C=O) groups excluding carboxylic acids is 1. The molecular weight excluding hydrogens is 181 g/mol. The lowest BCUT2D eigenvalue weighted by Gasteiger charge is -2.07. The maximum atomic E-state index is 10.8. The highest BCUT2D eigenvalue weighted by molar-refractivity contribution is 7.29. The smallest absolute Gasteiger partial charge is 0.320 e. The Labute approximate surface area is 73.4 Å². The number of aliphatic hydroxyl groups excluding tert-OH is 1. The second-order valence-corrected chi connectivity index (χ2v) is 3.11. The molecule has 2 N–H and O–H groups in total. The molecule has 0 aliphatic heterocycles. The summed E-state index contributed by atoms with van der Waals surface area (Å²) in [5.41, 5.74) is 0. The first kappa shape index (κ1) is 11.8. The van der Waals surface area contributed by atoms with E-state index >= 15 is 0 Å². The Morgan fingerprint density at radius 2 is 2.33 bits per heavy atom. The van der Waals surface area contributed by atoms with Gasteiger partial charge in [0.05, 0.1) is 21.6 Å². The van der Waals surface area contributed by atoms with E-state index in [1.807, 2.05) is 0 Å².